The summed E-state index contributed by atoms with van der Waals surface area (Å²) < 4.78 is 11.6. The van der Waals surface area contributed by atoms with Crippen molar-refractivity contribution in [2.75, 3.05) is 11.9 Å². The van der Waals surface area contributed by atoms with E-state index in [9.17, 15) is 14.4 Å². The van der Waals surface area contributed by atoms with Gasteiger partial charge in [0.05, 0.1) is 22.7 Å². The monoisotopic (exact) mass is 568 g/mol. The van der Waals surface area contributed by atoms with Gasteiger partial charge in [0.2, 0.25) is 0 Å². The molecule has 3 aromatic heterocycles. The molecule has 1 amide bonds. The van der Waals surface area contributed by atoms with Gasteiger partial charge in [-0.05, 0) is 44.2 Å². The Hall–Kier alpha value is -3.99. The summed E-state index contributed by atoms with van der Waals surface area (Å²) in [5, 5.41) is 14.1. The highest BCUT2D eigenvalue weighted by molar-refractivity contribution is 7.16. The number of hydrogen-bond donors (Lipinski definition) is 1. The zero-order chi connectivity index (χ0) is 27.0. The summed E-state index contributed by atoms with van der Waals surface area (Å²) in [6.45, 7) is 3.39. The minimum atomic E-state index is -0.702. The molecule has 1 N–H and O–H groups in total. The van der Waals surface area contributed by atoms with Crippen LogP contribution in [0.4, 0.5) is 5.00 Å². The molecule has 3 heterocycles. The van der Waals surface area contributed by atoms with Crippen LogP contribution in [-0.2, 0) is 4.74 Å². The van der Waals surface area contributed by atoms with Gasteiger partial charge in [0, 0.05) is 21.4 Å². The van der Waals surface area contributed by atoms with Gasteiger partial charge >= 0.3 is 5.97 Å². The van der Waals surface area contributed by atoms with Gasteiger partial charge in [-0.2, -0.15) is 9.78 Å². The van der Waals surface area contributed by atoms with E-state index in [4.69, 9.17) is 32.5 Å². The Kier molecular flexibility index (Phi) is 7.02. The molecule has 5 aromatic rings. The third kappa shape index (κ3) is 4.58. The number of anilines is 1. The first-order valence-electron chi connectivity index (χ1n) is 11.3. The van der Waals surface area contributed by atoms with E-state index < -0.39 is 17.4 Å². The molecule has 0 saturated heterocycles. The molecular weight excluding hydrogens is 551 g/mol. The van der Waals surface area contributed by atoms with Gasteiger partial charge in [-0.3, -0.25) is 9.59 Å². The van der Waals surface area contributed by atoms with Crippen LogP contribution in [0.3, 0.4) is 0 Å². The molecule has 2 aromatic carbocycles. The number of carbonyl (C=O) groups excluding carboxylic acids is 2. The molecule has 0 aliphatic rings. The molecule has 38 heavy (non-hydrogen) atoms. The van der Waals surface area contributed by atoms with Gasteiger partial charge in [0.15, 0.2) is 5.69 Å². The van der Waals surface area contributed by atoms with E-state index >= 15 is 0 Å². The van der Waals surface area contributed by atoms with Gasteiger partial charge in [0.1, 0.15) is 22.0 Å². The topological polar surface area (TPSA) is 116 Å². The average Bonchev–Trinajstić information content (AvgIpc) is 3.49. The lowest BCUT2D eigenvalue weighted by molar-refractivity contribution is 0.0520. The molecule has 192 valence electrons. The standard InChI is InChI=1S/C26H18Cl2N4O5S/c1-3-36-26(35)22-17-12-38-24(20(17)25(34)32(30-22)15-10-8-14(27)9-11-15)29-23(33)19-13(2)37-31-21(19)16-6-4-5-7-18(16)28/h4-12H,3H2,1-2H3,(H,29,33). The van der Waals surface area contributed by atoms with Gasteiger partial charge in [-0.15, -0.1) is 11.3 Å². The Morgan fingerprint density at radius 3 is 2.58 bits per heavy atom. The zero-order valence-electron chi connectivity index (χ0n) is 20.0. The summed E-state index contributed by atoms with van der Waals surface area (Å²) in [7, 11) is 0. The van der Waals surface area contributed by atoms with Crippen LogP contribution in [0.1, 0.15) is 33.5 Å². The smallest absolute Gasteiger partial charge is 0.359 e. The Morgan fingerprint density at radius 1 is 1.13 bits per heavy atom. The molecule has 0 bridgehead atoms. The maximum Gasteiger partial charge on any atom is 0.359 e. The molecule has 0 spiro atoms. The Morgan fingerprint density at radius 2 is 1.87 bits per heavy atom. The van der Waals surface area contributed by atoms with Gasteiger partial charge in [-0.1, -0.05) is 46.6 Å². The minimum Gasteiger partial charge on any atom is -0.461 e. The van der Waals surface area contributed by atoms with Crippen LogP contribution in [0.2, 0.25) is 10.0 Å². The molecule has 12 heteroatoms. The van der Waals surface area contributed by atoms with E-state index in [1.54, 1.807) is 67.8 Å². The first-order chi connectivity index (χ1) is 18.3. The van der Waals surface area contributed by atoms with E-state index in [2.05, 4.69) is 15.6 Å². The van der Waals surface area contributed by atoms with Crippen LogP contribution in [-0.4, -0.2) is 33.4 Å². The summed E-state index contributed by atoms with van der Waals surface area (Å²) in [6, 6.07) is 13.3. The predicted molar refractivity (Wildman–Crippen MR) is 146 cm³/mol. The molecule has 0 saturated carbocycles. The largest absolute Gasteiger partial charge is 0.461 e. The van der Waals surface area contributed by atoms with E-state index in [-0.39, 0.29) is 45.1 Å². The van der Waals surface area contributed by atoms with Crippen LogP contribution in [0.25, 0.3) is 27.7 Å². The van der Waals surface area contributed by atoms with Crippen molar-refractivity contribution in [2.24, 2.45) is 0 Å². The summed E-state index contributed by atoms with van der Waals surface area (Å²) in [4.78, 5) is 39.9. The lowest BCUT2D eigenvalue weighted by Gasteiger charge is -2.10. The number of aromatic nitrogens is 3. The number of aryl methyl sites for hydroxylation is 1. The van der Waals surface area contributed by atoms with E-state index in [0.29, 0.717) is 21.3 Å². The van der Waals surface area contributed by atoms with E-state index in [1.807, 2.05) is 0 Å². The quantitative estimate of drug-likeness (QED) is 0.244. The minimum absolute atomic E-state index is 0.0638. The fourth-order valence-corrected chi connectivity index (χ4v) is 5.17. The molecule has 0 atom stereocenters. The second kappa shape index (κ2) is 10.4. The van der Waals surface area contributed by atoms with E-state index in [1.165, 1.54) is 0 Å². The molecule has 0 radical (unpaired) electrons. The number of fused-ring (bicyclic) bond motifs is 1. The molecule has 0 aliphatic carbocycles. The Bertz CT molecular complexity index is 1760. The summed E-state index contributed by atoms with van der Waals surface area (Å²) in [6.07, 6.45) is 0. The van der Waals surface area contributed by atoms with Crippen molar-refractivity contribution in [3.63, 3.8) is 0 Å². The maximum atomic E-state index is 13.6. The highest BCUT2D eigenvalue weighted by atomic mass is 35.5. The van der Waals surface area contributed by atoms with Crippen molar-refractivity contribution < 1.29 is 18.8 Å². The summed E-state index contributed by atoms with van der Waals surface area (Å²) in [5.41, 5.74) is 0.722. The van der Waals surface area contributed by atoms with E-state index in [0.717, 1.165) is 16.0 Å². The van der Waals surface area contributed by atoms with Gasteiger partial charge < -0.3 is 14.6 Å². The number of carbonyl (C=O) groups is 2. The number of esters is 1. The van der Waals surface area contributed by atoms with Crippen molar-refractivity contribution in [3.8, 4) is 16.9 Å². The maximum absolute atomic E-state index is 13.6. The summed E-state index contributed by atoms with van der Waals surface area (Å²) in [5.74, 6) is -0.994. The molecule has 0 unspecified atom stereocenters. The SMILES string of the molecule is CCOC(=O)c1nn(-c2ccc(Cl)cc2)c(=O)c2c(NC(=O)c3c(-c4ccccc4Cl)noc3C)scc12. The normalized spacial score (nSPS) is 11.1. The second-order valence-corrected chi connectivity index (χ2v) is 9.74. The number of benzene rings is 2. The highest BCUT2D eigenvalue weighted by Crippen LogP contribution is 2.34. The average molecular weight is 569 g/mol. The van der Waals surface area contributed by atoms with Gasteiger partial charge in [0.25, 0.3) is 11.5 Å². The molecule has 5 rings (SSSR count). The van der Waals surface area contributed by atoms with Crippen molar-refractivity contribution in [3.05, 3.63) is 91.3 Å². The molecule has 9 nitrogen and oxygen atoms in total. The second-order valence-electron chi connectivity index (χ2n) is 8.01. The molecule has 0 aliphatic heterocycles. The third-order valence-corrected chi connectivity index (χ3v) is 7.12. The van der Waals surface area contributed by atoms with Crippen LogP contribution in [0.15, 0.2) is 63.2 Å². The highest BCUT2D eigenvalue weighted by Gasteiger charge is 2.27. The third-order valence-electron chi connectivity index (χ3n) is 5.64. The number of amides is 1. The van der Waals surface area contributed by atoms with Crippen LogP contribution < -0.4 is 10.9 Å². The van der Waals surface area contributed by atoms with Crippen LogP contribution >= 0.6 is 34.5 Å². The lowest BCUT2D eigenvalue weighted by Crippen LogP contribution is -2.25. The zero-order valence-corrected chi connectivity index (χ0v) is 22.3. The molecule has 0 fully saturated rings. The number of hydrogen-bond acceptors (Lipinski definition) is 8. The fourth-order valence-electron chi connectivity index (χ4n) is 3.89. The van der Waals surface area contributed by atoms with Crippen molar-refractivity contribution in [1.29, 1.82) is 0 Å². The van der Waals surface area contributed by atoms with Crippen LogP contribution in [0, 0.1) is 6.92 Å². The number of rotatable bonds is 6. The Balaban J connectivity index is 1.64. The summed E-state index contributed by atoms with van der Waals surface area (Å²) >= 11 is 13.4. The lowest BCUT2D eigenvalue weighted by atomic mass is 10.1. The first-order valence-corrected chi connectivity index (χ1v) is 12.9. The van der Waals surface area contributed by atoms with Crippen molar-refractivity contribution in [1.82, 2.24) is 14.9 Å². The number of thiophene rings is 1. The molecular formula is C26H18Cl2N4O5S. The van der Waals surface area contributed by atoms with Crippen molar-refractivity contribution in [2.45, 2.75) is 13.8 Å². The number of halogens is 2. The van der Waals surface area contributed by atoms with Gasteiger partial charge in [-0.25, -0.2) is 4.79 Å². The first kappa shape index (κ1) is 25.7. The van der Waals surface area contributed by atoms with Crippen molar-refractivity contribution >= 4 is 62.2 Å². The number of nitrogens with zero attached hydrogens (tertiary/aromatic N) is 3. The number of nitrogens with one attached hydrogen (secondary N) is 1. The Labute approximate surface area is 229 Å². The number of ether oxygens (including phenoxy) is 1. The predicted octanol–water partition coefficient (Wildman–Crippen LogP) is 6.15. The van der Waals surface area contributed by atoms with Crippen LogP contribution in [0.5, 0.6) is 0 Å². The fraction of sp³-hybridized carbons (Fsp3) is 0.115.